The molecular formula is C60H90F3N9O11. The fourth-order valence-electron chi connectivity index (χ4n) is 11.2. The van der Waals surface area contributed by atoms with E-state index in [1.165, 1.54) is 18.4 Å². The Balaban J connectivity index is 0.606. The highest BCUT2D eigenvalue weighted by atomic mass is 19.1. The lowest BCUT2D eigenvalue weighted by Gasteiger charge is -2.40. The minimum absolute atomic E-state index is 0.00607. The highest BCUT2D eigenvalue weighted by molar-refractivity contribution is 5.76. The molecule has 0 aliphatic carbocycles. The Hall–Kier alpha value is -4.95. The summed E-state index contributed by atoms with van der Waals surface area (Å²) in [4.78, 5) is 30.7. The maximum Gasteiger partial charge on any atom is 0.313 e. The summed E-state index contributed by atoms with van der Waals surface area (Å²) in [7, 11) is 0. The number of aryl methyl sites for hydroxylation is 2. The van der Waals surface area contributed by atoms with Gasteiger partial charge >= 0.3 is 5.97 Å². The summed E-state index contributed by atoms with van der Waals surface area (Å²) in [5.41, 5.74) is 2.19. The molecule has 462 valence electrons. The number of likely N-dealkylation sites (tertiary alicyclic amines) is 1. The van der Waals surface area contributed by atoms with E-state index in [-0.39, 0.29) is 38.2 Å². The average Bonchev–Trinajstić information content (AvgIpc) is 4.23. The fourth-order valence-corrected chi connectivity index (χ4v) is 11.2. The Kier molecular flexibility index (Phi) is 29.1. The number of rotatable bonds is 42. The van der Waals surface area contributed by atoms with Crippen LogP contribution in [0.2, 0.25) is 0 Å². The Morgan fingerprint density at radius 3 is 1.77 bits per heavy atom. The molecule has 3 saturated heterocycles. The molecule has 7 rings (SSSR count). The summed E-state index contributed by atoms with van der Waals surface area (Å²) in [5.74, 6) is -2.48. The van der Waals surface area contributed by atoms with Gasteiger partial charge in [-0.25, -0.2) is 17.9 Å². The molecule has 0 saturated carbocycles. The van der Waals surface area contributed by atoms with E-state index in [2.05, 4.69) is 96.0 Å². The number of nitrogens with zero attached hydrogens (tertiary/aromatic N) is 8. The predicted octanol–water partition coefficient (Wildman–Crippen LogP) is 7.39. The summed E-state index contributed by atoms with van der Waals surface area (Å²) in [5, 5.41) is 21.2. The number of esters is 1. The molecule has 3 fully saturated rings. The van der Waals surface area contributed by atoms with Crippen LogP contribution in [0.4, 0.5) is 13.2 Å². The number of nitrogens with one attached hydrogen (secondary N) is 1. The summed E-state index contributed by atoms with van der Waals surface area (Å²) >= 11 is 0. The first-order chi connectivity index (χ1) is 40.5. The maximum absolute atomic E-state index is 13.7. The number of fused-ring (bicyclic) bond motifs is 2. The minimum atomic E-state index is -1.30. The normalized spacial score (nSPS) is 18.1. The second-order valence-corrected chi connectivity index (χ2v) is 21.9. The third kappa shape index (κ3) is 23.1. The van der Waals surface area contributed by atoms with Crippen molar-refractivity contribution in [2.24, 2.45) is 5.92 Å². The van der Waals surface area contributed by atoms with Crippen LogP contribution in [0.25, 0.3) is 0 Å². The monoisotopic (exact) mass is 1170 g/mol. The zero-order valence-corrected chi connectivity index (χ0v) is 49.1. The van der Waals surface area contributed by atoms with Gasteiger partial charge in [-0.2, -0.15) is 0 Å². The molecule has 23 heteroatoms. The number of hydrogen-bond donors (Lipinski definition) is 1. The second-order valence-electron chi connectivity index (χ2n) is 21.9. The number of carbonyl (C=O) groups excluding carboxylic acids is 2. The second kappa shape index (κ2) is 36.8. The van der Waals surface area contributed by atoms with Crippen molar-refractivity contribution in [2.45, 2.75) is 134 Å². The summed E-state index contributed by atoms with van der Waals surface area (Å²) in [6.07, 6.45) is 13.2. The molecule has 2 aromatic carbocycles. The highest BCUT2D eigenvalue weighted by Gasteiger charge is 2.42. The Morgan fingerprint density at radius 1 is 0.651 bits per heavy atom. The Morgan fingerprint density at radius 2 is 1.20 bits per heavy atom. The van der Waals surface area contributed by atoms with E-state index in [0.29, 0.717) is 141 Å². The third-order valence-electron chi connectivity index (χ3n) is 15.5. The first-order valence-corrected chi connectivity index (χ1v) is 30.1. The predicted molar refractivity (Wildman–Crippen MR) is 302 cm³/mol. The smallest absolute Gasteiger partial charge is 0.313 e. The number of unbranched alkanes of at least 4 members (excludes halogenated alkanes) is 1. The molecule has 3 aliphatic heterocycles. The SMILES string of the molecule is Cc1nnc(C(C)C)n1C1CC2CCC(C1)N2CC[C@H](NC(=O)CC1CCN(CCCCc2cn(CCOCCOCCOCCOCCOCCOCCOCCOCCC(=O)Oc3c(F)cc(F)cc3F)nn2)CC1)c1ccccc1. The average molecular weight is 1170 g/mol. The molecule has 1 N–H and O–H groups in total. The van der Waals surface area contributed by atoms with Crippen LogP contribution in [0.1, 0.15) is 125 Å². The Labute approximate surface area is 487 Å². The quantitative estimate of drug-likeness (QED) is 0.0262. The van der Waals surface area contributed by atoms with Crippen LogP contribution in [0.3, 0.4) is 0 Å². The van der Waals surface area contributed by atoms with Gasteiger partial charge in [0.2, 0.25) is 11.7 Å². The number of amides is 1. The lowest BCUT2D eigenvalue weighted by atomic mass is 9.92. The van der Waals surface area contributed by atoms with Crippen LogP contribution in [0.15, 0.2) is 48.7 Å². The van der Waals surface area contributed by atoms with E-state index in [1.807, 2.05) is 10.9 Å². The van der Waals surface area contributed by atoms with Crippen molar-refractivity contribution < 1.29 is 65.4 Å². The molecule has 4 aromatic rings. The van der Waals surface area contributed by atoms with Gasteiger partial charge in [0.25, 0.3) is 0 Å². The number of hydrogen-bond acceptors (Lipinski definition) is 17. The topological polar surface area (TPSA) is 197 Å². The van der Waals surface area contributed by atoms with Crippen molar-refractivity contribution in [3.05, 3.63) is 89.0 Å². The summed E-state index contributed by atoms with van der Waals surface area (Å²) in [6.45, 7) is 17.4. The van der Waals surface area contributed by atoms with Gasteiger partial charge in [-0.1, -0.05) is 49.4 Å². The molecular weight excluding hydrogens is 1080 g/mol. The highest BCUT2D eigenvalue weighted by Crippen LogP contribution is 2.42. The molecule has 3 atom stereocenters. The number of halogens is 3. The first-order valence-electron chi connectivity index (χ1n) is 30.1. The molecule has 2 aromatic heterocycles. The number of aromatic nitrogens is 6. The molecule has 0 radical (unpaired) electrons. The van der Waals surface area contributed by atoms with Gasteiger partial charge in [0.1, 0.15) is 17.5 Å². The van der Waals surface area contributed by atoms with Gasteiger partial charge in [-0.15, -0.1) is 15.3 Å². The molecule has 0 spiro atoms. The number of benzene rings is 2. The van der Waals surface area contributed by atoms with Gasteiger partial charge in [-0.05, 0) is 102 Å². The summed E-state index contributed by atoms with van der Waals surface area (Å²) < 4.78 is 93.0. The van der Waals surface area contributed by atoms with E-state index in [9.17, 15) is 22.8 Å². The third-order valence-corrected chi connectivity index (χ3v) is 15.5. The van der Waals surface area contributed by atoms with E-state index in [0.717, 1.165) is 94.9 Å². The molecule has 20 nitrogen and oxygen atoms in total. The molecule has 5 heterocycles. The molecule has 83 heavy (non-hydrogen) atoms. The van der Waals surface area contributed by atoms with Crippen molar-refractivity contribution in [3.63, 3.8) is 0 Å². The van der Waals surface area contributed by atoms with Gasteiger partial charge < -0.3 is 57.4 Å². The molecule has 3 aliphatic rings. The number of piperidine rings is 2. The van der Waals surface area contributed by atoms with Crippen molar-refractivity contribution in [1.82, 2.24) is 44.9 Å². The van der Waals surface area contributed by atoms with Crippen LogP contribution in [-0.4, -0.2) is 195 Å². The van der Waals surface area contributed by atoms with E-state index >= 15 is 0 Å². The van der Waals surface area contributed by atoms with Crippen LogP contribution in [0, 0.1) is 30.3 Å². The van der Waals surface area contributed by atoms with Gasteiger partial charge in [-0.3, -0.25) is 14.5 Å². The minimum Gasteiger partial charge on any atom is -0.420 e. The Bertz CT molecular complexity index is 2430. The lowest BCUT2D eigenvalue weighted by molar-refractivity contribution is -0.136. The van der Waals surface area contributed by atoms with E-state index in [4.69, 9.17) is 37.9 Å². The number of ether oxygens (including phenoxy) is 9. The molecule has 2 unspecified atom stereocenters. The van der Waals surface area contributed by atoms with Crippen LogP contribution < -0.4 is 10.1 Å². The van der Waals surface area contributed by atoms with Crippen LogP contribution in [-0.2, 0) is 60.4 Å². The molecule has 1 amide bonds. The van der Waals surface area contributed by atoms with Gasteiger partial charge in [0.05, 0.1) is 130 Å². The van der Waals surface area contributed by atoms with Crippen molar-refractivity contribution in [1.29, 1.82) is 0 Å². The van der Waals surface area contributed by atoms with E-state index in [1.54, 1.807) is 0 Å². The fraction of sp³-hybridized carbons (Fsp3) is 0.700. The maximum atomic E-state index is 13.7. The van der Waals surface area contributed by atoms with Crippen molar-refractivity contribution in [3.8, 4) is 5.75 Å². The van der Waals surface area contributed by atoms with Gasteiger partial charge in [0, 0.05) is 55.3 Å². The zero-order chi connectivity index (χ0) is 58.4. The van der Waals surface area contributed by atoms with Gasteiger partial charge in [0.15, 0.2) is 11.6 Å². The summed E-state index contributed by atoms with van der Waals surface area (Å²) in [6, 6.07) is 13.0. The zero-order valence-electron chi connectivity index (χ0n) is 49.1. The van der Waals surface area contributed by atoms with Crippen molar-refractivity contribution in [2.75, 3.05) is 132 Å². The number of carbonyl (C=O) groups is 2. The largest absolute Gasteiger partial charge is 0.420 e. The van der Waals surface area contributed by atoms with Crippen molar-refractivity contribution >= 4 is 11.9 Å². The van der Waals surface area contributed by atoms with Crippen LogP contribution in [0.5, 0.6) is 5.75 Å². The van der Waals surface area contributed by atoms with Crippen LogP contribution >= 0.6 is 0 Å². The van der Waals surface area contributed by atoms with E-state index < -0.39 is 29.2 Å². The lowest BCUT2D eigenvalue weighted by Crippen LogP contribution is -2.45. The first kappa shape index (κ1) is 65.6. The standard InChI is InChI=1S/C60H90F3N9O11/c1-45(2)60-67-65-46(3)72(60)53-42-51-12-13-52(43-53)71(51)21-16-56(48-9-5-4-6-10-48)64-57(73)39-47-14-19-69(20-15-47)18-8-7-11-50-44-70(68-66-50)22-24-76-26-28-78-30-32-80-34-36-82-38-37-81-35-33-79-31-29-77-27-25-75-23-17-58(74)83-59-54(62)40-49(61)41-55(59)63/h4-6,9-10,40-41,44-45,47,51-53,56H,7-8,11-39,42-43H2,1-3H3,(H,64,73)/t51?,52?,53?,56-/m0/s1. The molecule has 2 bridgehead atoms.